The Morgan fingerprint density at radius 1 is 2.00 bits per heavy atom. The molecule has 0 aromatic heterocycles. The minimum Gasteiger partial charge on any atom is -1.00 e. The molecule has 0 rings (SSSR count). The van der Waals surface area contributed by atoms with Crippen LogP contribution < -0.4 is 51.4 Å². The van der Waals surface area contributed by atoms with Gasteiger partial charge in [-0.05, 0) is 0 Å². The summed E-state index contributed by atoms with van der Waals surface area (Å²) in [6, 6.07) is 0. The van der Waals surface area contributed by atoms with Gasteiger partial charge in [-0.2, -0.15) is 0 Å². The van der Waals surface area contributed by atoms with Gasteiger partial charge in [0.1, 0.15) is 11.9 Å². The monoisotopic (exact) mass is 120 g/mol. The Morgan fingerprint density at radius 2 is 2.20 bits per heavy atom. The Kier molecular flexibility index (Phi) is 17.4. The third-order valence-electron chi connectivity index (χ3n) is 0.0364. The fourth-order valence-corrected chi connectivity index (χ4v) is 0. The summed E-state index contributed by atoms with van der Waals surface area (Å²) in [6.07, 6.45) is 0. The summed E-state index contributed by atoms with van der Waals surface area (Å²) in [5.74, 6) is 0. The van der Waals surface area contributed by atoms with Crippen LogP contribution in [0.15, 0.2) is 0 Å². The van der Waals surface area contributed by atoms with Crippen LogP contribution in [0.4, 0.5) is 0 Å². The second-order valence-corrected chi connectivity index (χ2v) is 0.363. The van der Waals surface area contributed by atoms with E-state index in [0.717, 1.165) is 0 Å². The standard InChI is InChI=1S/CHClO2.K.H/c2-4-1-3;;/h1H;;/q;+1;-1. The fourth-order valence-electron chi connectivity index (χ4n) is 0. The third kappa shape index (κ3) is 10.8. The maximum Gasteiger partial charge on any atom is 1.00 e. The fraction of sp³-hybridized carbons (Fsp3) is 0. The van der Waals surface area contributed by atoms with Crippen molar-refractivity contribution < 1.29 is 61.9 Å². The van der Waals surface area contributed by atoms with Crippen molar-refractivity contribution >= 4 is 18.3 Å². The molecular formula is CH2ClKO2. The van der Waals surface area contributed by atoms with E-state index in [4.69, 9.17) is 4.79 Å². The molecule has 0 N–H and O–H groups in total. The van der Waals surface area contributed by atoms with Crippen molar-refractivity contribution in [2.75, 3.05) is 0 Å². The van der Waals surface area contributed by atoms with Crippen LogP contribution in [0.25, 0.3) is 0 Å². The maximum atomic E-state index is 8.82. The Hall–Kier alpha value is 1.40. The van der Waals surface area contributed by atoms with Crippen LogP contribution >= 0.6 is 11.9 Å². The SMILES string of the molecule is O=COCl.[H-].[K+]. The summed E-state index contributed by atoms with van der Waals surface area (Å²) in [7, 11) is 0. The average molecular weight is 121 g/mol. The third-order valence-corrected chi connectivity index (χ3v) is 0.109. The first kappa shape index (κ1) is 9.64. The van der Waals surface area contributed by atoms with Crippen LogP contribution in [0.1, 0.15) is 1.43 Å². The number of hydrogen-bond acceptors (Lipinski definition) is 2. The first-order valence-electron chi connectivity index (χ1n) is 0.626. The van der Waals surface area contributed by atoms with Crippen molar-refractivity contribution in [1.29, 1.82) is 0 Å². The van der Waals surface area contributed by atoms with Crippen LogP contribution in [0.3, 0.4) is 0 Å². The number of halogens is 1. The van der Waals surface area contributed by atoms with Crippen LogP contribution in [0, 0.1) is 0 Å². The quantitative estimate of drug-likeness (QED) is 0.281. The zero-order valence-electron chi connectivity index (χ0n) is 3.77. The molecule has 0 unspecified atom stereocenters. The Morgan fingerprint density at radius 3 is 2.20 bits per heavy atom. The number of hydrogen-bond donors (Lipinski definition) is 0. The number of carbonyl (C=O) groups is 1. The molecule has 0 atom stereocenters. The summed E-state index contributed by atoms with van der Waals surface area (Å²) < 4.78 is 3.33. The van der Waals surface area contributed by atoms with Gasteiger partial charge >= 0.3 is 57.9 Å². The number of carbonyl (C=O) groups excluding carboxylic acids is 1. The zero-order valence-corrected chi connectivity index (χ0v) is 6.65. The molecule has 0 aromatic rings. The van der Waals surface area contributed by atoms with E-state index in [2.05, 4.69) is 16.2 Å². The van der Waals surface area contributed by atoms with Gasteiger partial charge in [0.2, 0.25) is 0 Å². The summed E-state index contributed by atoms with van der Waals surface area (Å²) in [6.45, 7) is 0.140. The molecule has 0 fully saturated rings. The van der Waals surface area contributed by atoms with Gasteiger partial charge in [0.05, 0.1) is 0 Å². The topological polar surface area (TPSA) is 26.3 Å². The molecule has 0 saturated heterocycles. The summed E-state index contributed by atoms with van der Waals surface area (Å²) >= 11 is 4.32. The van der Waals surface area contributed by atoms with Gasteiger partial charge in [-0.3, -0.25) is 4.79 Å². The molecule has 0 bridgehead atoms. The van der Waals surface area contributed by atoms with Gasteiger partial charge < -0.3 is 5.72 Å². The van der Waals surface area contributed by atoms with Crippen molar-refractivity contribution in [2.45, 2.75) is 0 Å². The van der Waals surface area contributed by atoms with Crippen LogP contribution in [-0.2, 0) is 9.08 Å². The molecule has 5 heavy (non-hydrogen) atoms. The van der Waals surface area contributed by atoms with E-state index < -0.39 is 0 Å². The minimum absolute atomic E-state index is 0. The smallest absolute Gasteiger partial charge is 1.00 e. The molecule has 0 spiro atoms. The van der Waals surface area contributed by atoms with Gasteiger partial charge in [0.25, 0.3) is 0 Å². The van der Waals surface area contributed by atoms with E-state index in [0.29, 0.717) is 0 Å². The molecular weight excluding hydrogens is 119 g/mol. The summed E-state index contributed by atoms with van der Waals surface area (Å²) in [5.41, 5.74) is 0. The molecule has 0 radical (unpaired) electrons. The van der Waals surface area contributed by atoms with Crippen LogP contribution in [0.5, 0.6) is 0 Å². The van der Waals surface area contributed by atoms with Gasteiger partial charge in [-0.15, -0.1) is 0 Å². The first-order valence-corrected chi connectivity index (χ1v) is 0.934. The molecule has 0 aromatic carbocycles. The summed E-state index contributed by atoms with van der Waals surface area (Å²) in [4.78, 5) is 8.82. The van der Waals surface area contributed by atoms with E-state index in [1.807, 2.05) is 0 Å². The molecule has 0 saturated carbocycles. The van der Waals surface area contributed by atoms with Gasteiger partial charge in [-0.1, -0.05) is 0 Å². The number of rotatable bonds is 1. The maximum absolute atomic E-state index is 8.82. The van der Waals surface area contributed by atoms with Gasteiger partial charge in [-0.25, -0.2) is 0 Å². The predicted molar refractivity (Wildman–Crippen MR) is 14.1 cm³/mol. The second-order valence-electron chi connectivity index (χ2n) is 0.185. The van der Waals surface area contributed by atoms with Crippen LogP contribution in [0.2, 0.25) is 0 Å². The first-order chi connectivity index (χ1) is 1.91. The summed E-state index contributed by atoms with van der Waals surface area (Å²) in [5, 5.41) is 0. The molecule has 0 aliphatic rings. The molecule has 4 heteroatoms. The van der Waals surface area contributed by atoms with Gasteiger partial charge in [0, 0.05) is 0 Å². The van der Waals surface area contributed by atoms with Crippen molar-refractivity contribution in [3.05, 3.63) is 0 Å². The van der Waals surface area contributed by atoms with Gasteiger partial charge in [0.15, 0.2) is 0 Å². The molecule has 0 amide bonds. The molecule has 0 aliphatic heterocycles. The van der Waals surface area contributed by atoms with E-state index in [1.54, 1.807) is 0 Å². The molecule has 0 aliphatic carbocycles. The molecule has 26 valence electrons. The van der Waals surface area contributed by atoms with Crippen molar-refractivity contribution in [3.63, 3.8) is 0 Å². The Labute approximate surface area is 78.9 Å². The largest absolute Gasteiger partial charge is 1.00 e. The second kappa shape index (κ2) is 9.04. The molecule has 2 nitrogen and oxygen atoms in total. The van der Waals surface area contributed by atoms with E-state index >= 15 is 0 Å². The minimum atomic E-state index is 0. The van der Waals surface area contributed by atoms with E-state index in [9.17, 15) is 0 Å². The predicted octanol–water partition coefficient (Wildman–Crippen LogP) is -2.57. The van der Waals surface area contributed by atoms with E-state index in [-0.39, 0.29) is 59.3 Å². The average Bonchev–Trinajstić information content (AvgIpc) is 1.37. The van der Waals surface area contributed by atoms with Crippen molar-refractivity contribution in [2.24, 2.45) is 0 Å². The van der Waals surface area contributed by atoms with Crippen molar-refractivity contribution in [3.8, 4) is 0 Å². The zero-order chi connectivity index (χ0) is 3.41. The Balaban J connectivity index is -0.0000000450. The molecule has 0 heterocycles. The van der Waals surface area contributed by atoms with Crippen molar-refractivity contribution in [1.82, 2.24) is 0 Å². The Bertz CT molecular complexity index is 27.5. The van der Waals surface area contributed by atoms with E-state index in [1.165, 1.54) is 0 Å². The van der Waals surface area contributed by atoms with Crippen LogP contribution in [-0.4, -0.2) is 6.47 Å². The normalized spacial score (nSPS) is 4.20.